The summed E-state index contributed by atoms with van der Waals surface area (Å²) in [7, 11) is 0. The summed E-state index contributed by atoms with van der Waals surface area (Å²) in [4.78, 5) is 13.0. The van der Waals surface area contributed by atoms with Crippen LogP contribution in [0.3, 0.4) is 0 Å². The molecule has 0 aliphatic carbocycles. The van der Waals surface area contributed by atoms with Crippen molar-refractivity contribution in [3.05, 3.63) is 54.4 Å². The highest BCUT2D eigenvalue weighted by Crippen LogP contribution is 2.29. The number of nitrogens with one attached hydrogen (secondary N) is 1. The molecule has 4 nitrogen and oxygen atoms in total. The van der Waals surface area contributed by atoms with Crippen LogP contribution in [0.5, 0.6) is 0 Å². The summed E-state index contributed by atoms with van der Waals surface area (Å²) in [5.41, 5.74) is 8.06. The summed E-state index contributed by atoms with van der Waals surface area (Å²) < 4.78 is 0. The van der Waals surface area contributed by atoms with Gasteiger partial charge in [0.1, 0.15) is 5.84 Å². The Morgan fingerprint density at radius 1 is 1.23 bits per heavy atom. The van der Waals surface area contributed by atoms with Gasteiger partial charge in [-0.15, -0.1) is 0 Å². The van der Waals surface area contributed by atoms with Gasteiger partial charge in [-0.1, -0.05) is 30.8 Å². The first-order chi connectivity index (χ1) is 10.8. The van der Waals surface area contributed by atoms with E-state index in [1.807, 2.05) is 18.2 Å². The third kappa shape index (κ3) is 3.31. The first-order valence-electron chi connectivity index (χ1n) is 7.27. The van der Waals surface area contributed by atoms with E-state index in [9.17, 15) is 0 Å². The number of benzene rings is 1. The van der Waals surface area contributed by atoms with Gasteiger partial charge in [0.05, 0.1) is 5.03 Å². The van der Waals surface area contributed by atoms with E-state index in [0.29, 0.717) is 5.84 Å². The predicted octanol–water partition coefficient (Wildman–Crippen LogP) is 3.83. The third-order valence-corrected chi connectivity index (χ3v) is 4.22. The first-order valence-corrected chi connectivity index (χ1v) is 8.09. The molecule has 1 aromatic carbocycles. The first kappa shape index (κ1) is 14.7. The Morgan fingerprint density at radius 3 is 2.82 bits per heavy atom. The van der Waals surface area contributed by atoms with Gasteiger partial charge in [0.25, 0.3) is 0 Å². The maximum absolute atomic E-state index is 6.03. The van der Waals surface area contributed by atoms with Gasteiger partial charge in [-0.3, -0.25) is 9.98 Å². The number of pyridine rings is 1. The van der Waals surface area contributed by atoms with Crippen LogP contribution in [-0.4, -0.2) is 22.3 Å². The zero-order valence-corrected chi connectivity index (χ0v) is 13.2. The fourth-order valence-corrected chi connectivity index (χ4v) is 3.03. The number of amidine groups is 1. The van der Waals surface area contributed by atoms with E-state index < -0.39 is 0 Å². The molecule has 0 spiro atoms. The molecule has 2 aromatic heterocycles. The molecule has 0 bridgehead atoms. The molecular formula is C17H18N4S. The lowest BCUT2D eigenvalue weighted by Gasteiger charge is -2.01. The van der Waals surface area contributed by atoms with Crippen LogP contribution in [-0.2, 0) is 0 Å². The second kappa shape index (κ2) is 6.66. The van der Waals surface area contributed by atoms with Crippen LogP contribution in [0.25, 0.3) is 10.9 Å². The van der Waals surface area contributed by atoms with Crippen LogP contribution in [0.4, 0.5) is 0 Å². The van der Waals surface area contributed by atoms with Gasteiger partial charge in [0.15, 0.2) is 0 Å². The van der Waals surface area contributed by atoms with Crippen LogP contribution >= 0.6 is 11.8 Å². The summed E-state index contributed by atoms with van der Waals surface area (Å²) in [5.74, 6) is 0.599. The highest BCUT2D eigenvalue weighted by Gasteiger charge is 2.05. The summed E-state index contributed by atoms with van der Waals surface area (Å²) >= 11 is 1.68. The van der Waals surface area contributed by atoms with Crippen LogP contribution < -0.4 is 5.73 Å². The number of fused-ring (bicyclic) bond motifs is 1. The monoisotopic (exact) mass is 310 g/mol. The molecule has 0 unspecified atom stereocenters. The summed E-state index contributed by atoms with van der Waals surface area (Å²) in [6, 6.07) is 12.3. The van der Waals surface area contributed by atoms with Gasteiger partial charge in [0.2, 0.25) is 0 Å². The molecule has 112 valence electrons. The van der Waals surface area contributed by atoms with Crippen molar-refractivity contribution in [1.82, 2.24) is 9.97 Å². The summed E-state index contributed by atoms with van der Waals surface area (Å²) in [5, 5.41) is 2.27. The van der Waals surface area contributed by atoms with Crippen molar-refractivity contribution in [1.29, 1.82) is 0 Å². The van der Waals surface area contributed by atoms with Crippen molar-refractivity contribution in [3.8, 4) is 0 Å². The fourth-order valence-electron chi connectivity index (χ4n) is 2.17. The van der Waals surface area contributed by atoms with E-state index in [4.69, 9.17) is 5.73 Å². The minimum absolute atomic E-state index is 0.599. The third-order valence-electron chi connectivity index (χ3n) is 3.28. The Balaban J connectivity index is 1.87. The predicted molar refractivity (Wildman–Crippen MR) is 92.5 cm³/mol. The molecule has 0 fully saturated rings. The van der Waals surface area contributed by atoms with Crippen LogP contribution in [0, 0.1) is 0 Å². The smallest absolute Gasteiger partial charge is 0.125 e. The average Bonchev–Trinajstić information content (AvgIpc) is 2.94. The minimum Gasteiger partial charge on any atom is -0.384 e. The van der Waals surface area contributed by atoms with Gasteiger partial charge in [-0.25, -0.2) is 0 Å². The van der Waals surface area contributed by atoms with Gasteiger partial charge in [0, 0.05) is 40.3 Å². The number of nitrogens with two attached hydrogens (primary N) is 1. The maximum atomic E-state index is 6.03. The quantitative estimate of drug-likeness (QED) is 0.556. The second-order valence-electron chi connectivity index (χ2n) is 4.99. The molecular weight excluding hydrogens is 292 g/mol. The van der Waals surface area contributed by atoms with E-state index in [0.717, 1.165) is 34.0 Å². The van der Waals surface area contributed by atoms with E-state index in [-0.39, 0.29) is 0 Å². The number of H-pyrrole nitrogens is 1. The molecule has 3 N–H and O–H groups in total. The Kier molecular flexibility index (Phi) is 4.44. The fraction of sp³-hybridized carbons (Fsp3) is 0.176. The average molecular weight is 310 g/mol. The van der Waals surface area contributed by atoms with Crippen molar-refractivity contribution in [2.45, 2.75) is 23.3 Å². The van der Waals surface area contributed by atoms with E-state index >= 15 is 0 Å². The summed E-state index contributed by atoms with van der Waals surface area (Å²) in [6.45, 7) is 2.85. The number of rotatable bonds is 5. The van der Waals surface area contributed by atoms with E-state index in [2.05, 4.69) is 40.1 Å². The molecule has 0 amide bonds. The Morgan fingerprint density at radius 2 is 2.05 bits per heavy atom. The van der Waals surface area contributed by atoms with Crippen LogP contribution in [0.1, 0.15) is 18.9 Å². The lowest BCUT2D eigenvalue weighted by molar-refractivity contribution is 0.930. The van der Waals surface area contributed by atoms with E-state index in [1.54, 1.807) is 24.2 Å². The molecule has 0 radical (unpaired) electrons. The zero-order valence-electron chi connectivity index (χ0n) is 12.4. The summed E-state index contributed by atoms with van der Waals surface area (Å²) in [6.07, 6.45) is 4.60. The van der Waals surface area contributed by atoms with Crippen molar-refractivity contribution < 1.29 is 0 Å². The van der Waals surface area contributed by atoms with Crippen LogP contribution in [0.15, 0.2) is 63.7 Å². The zero-order chi connectivity index (χ0) is 15.4. The molecule has 3 aromatic rings. The molecule has 22 heavy (non-hydrogen) atoms. The molecule has 0 saturated heterocycles. The largest absolute Gasteiger partial charge is 0.384 e. The number of aliphatic imine (C=N–C) groups is 1. The number of hydrogen-bond donors (Lipinski definition) is 2. The maximum Gasteiger partial charge on any atom is 0.125 e. The van der Waals surface area contributed by atoms with E-state index in [1.165, 1.54) is 5.39 Å². The van der Waals surface area contributed by atoms with Gasteiger partial charge >= 0.3 is 0 Å². The molecule has 5 heteroatoms. The highest BCUT2D eigenvalue weighted by molar-refractivity contribution is 7.99. The lowest BCUT2D eigenvalue weighted by atomic mass is 10.1. The Bertz CT molecular complexity index is 793. The number of hydrogen-bond acceptors (Lipinski definition) is 3. The standard InChI is InChI=1S/C17H18N4S/c1-2-7-20-17(18)13-4-3-12-11-16(21-15(12)10-13)22-14-5-8-19-9-6-14/h3-6,8-11,21H,2,7H2,1H3,(H2,18,20). The second-order valence-corrected chi connectivity index (χ2v) is 6.10. The number of aromatic nitrogens is 2. The Hall–Kier alpha value is -2.27. The highest BCUT2D eigenvalue weighted by atomic mass is 32.2. The normalized spacial score (nSPS) is 12.0. The topological polar surface area (TPSA) is 67.1 Å². The molecule has 0 atom stereocenters. The lowest BCUT2D eigenvalue weighted by Crippen LogP contribution is -2.13. The Labute approximate surface area is 133 Å². The van der Waals surface area contributed by atoms with Crippen molar-refractivity contribution in [3.63, 3.8) is 0 Å². The molecule has 0 aliphatic rings. The van der Waals surface area contributed by atoms with Gasteiger partial charge in [-0.2, -0.15) is 0 Å². The molecule has 0 saturated carbocycles. The molecule has 2 heterocycles. The van der Waals surface area contributed by atoms with Crippen LogP contribution in [0.2, 0.25) is 0 Å². The van der Waals surface area contributed by atoms with Gasteiger partial charge < -0.3 is 10.7 Å². The van der Waals surface area contributed by atoms with Crippen molar-refractivity contribution in [2.24, 2.45) is 10.7 Å². The SMILES string of the molecule is CCC/N=C(\N)c1ccc2cc(Sc3ccncc3)[nH]c2c1. The van der Waals surface area contributed by atoms with Crippen molar-refractivity contribution in [2.75, 3.05) is 6.54 Å². The number of aromatic amines is 1. The minimum atomic E-state index is 0.599. The van der Waals surface area contributed by atoms with Crippen molar-refractivity contribution >= 4 is 28.5 Å². The number of nitrogens with zero attached hydrogens (tertiary/aromatic N) is 2. The molecule has 3 rings (SSSR count). The van der Waals surface area contributed by atoms with Gasteiger partial charge in [-0.05, 0) is 30.7 Å². The molecule has 0 aliphatic heterocycles.